The van der Waals surface area contributed by atoms with Gasteiger partial charge in [0.15, 0.2) is 0 Å². The highest BCUT2D eigenvalue weighted by Crippen LogP contribution is 2.22. The second-order valence-electron chi connectivity index (χ2n) is 7.36. The monoisotopic (exact) mass is 407 g/mol. The van der Waals surface area contributed by atoms with Crippen LogP contribution in [-0.2, 0) is 13.6 Å². The van der Waals surface area contributed by atoms with E-state index in [1.807, 2.05) is 48.1 Å². The molecule has 0 unspecified atom stereocenters. The predicted octanol–water partition coefficient (Wildman–Crippen LogP) is 3.71. The zero-order chi connectivity index (χ0) is 20.1. The molecule has 0 spiro atoms. The molecule has 1 amide bonds. The fourth-order valence-corrected chi connectivity index (χ4v) is 4.46. The Bertz CT molecular complexity index is 1020. The number of nitrogens with zero attached hydrogens (tertiary/aromatic N) is 4. The van der Waals surface area contributed by atoms with Gasteiger partial charge in [-0.3, -0.25) is 14.8 Å². The Hall–Kier alpha value is -2.80. The molecule has 2 heterocycles. The topological polar surface area (TPSA) is 72.2 Å². The van der Waals surface area contributed by atoms with Gasteiger partial charge >= 0.3 is 0 Å². The van der Waals surface area contributed by atoms with Gasteiger partial charge in [0.2, 0.25) is 4.80 Å². The van der Waals surface area contributed by atoms with Gasteiger partial charge in [0.05, 0.1) is 6.04 Å². The molecule has 150 valence electrons. The highest BCUT2D eigenvalue weighted by Gasteiger charge is 2.13. The van der Waals surface area contributed by atoms with Crippen LogP contribution in [0.15, 0.2) is 53.8 Å². The Kier molecular flexibility index (Phi) is 6.14. The third-order valence-corrected chi connectivity index (χ3v) is 6.21. The molecule has 2 aromatic heterocycles. The largest absolute Gasteiger partial charge is 0.348 e. The summed E-state index contributed by atoms with van der Waals surface area (Å²) in [6, 6.07) is 11.8. The summed E-state index contributed by atoms with van der Waals surface area (Å²) in [5.74, 6) is -0.0990. The summed E-state index contributed by atoms with van der Waals surface area (Å²) in [6.45, 7) is 0.461. The van der Waals surface area contributed by atoms with Crippen LogP contribution in [0.25, 0.3) is 10.6 Å². The second kappa shape index (κ2) is 9.13. The molecule has 6 nitrogen and oxygen atoms in total. The van der Waals surface area contributed by atoms with E-state index >= 15 is 0 Å². The molecule has 0 saturated heterocycles. The lowest BCUT2D eigenvalue weighted by Gasteiger charge is -2.16. The molecule has 29 heavy (non-hydrogen) atoms. The van der Waals surface area contributed by atoms with E-state index in [2.05, 4.69) is 15.4 Å². The van der Waals surface area contributed by atoms with Crippen molar-refractivity contribution in [1.82, 2.24) is 20.1 Å². The van der Waals surface area contributed by atoms with Gasteiger partial charge in [-0.1, -0.05) is 48.8 Å². The molecule has 0 radical (unpaired) electrons. The van der Waals surface area contributed by atoms with Crippen molar-refractivity contribution in [3.63, 3.8) is 0 Å². The fourth-order valence-electron chi connectivity index (χ4n) is 3.50. The van der Waals surface area contributed by atoms with E-state index in [0.29, 0.717) is 18.2 Å². The number of pyridine rings is 1. The van der Waals surface area contributed by atoms with Crippen LogP contribution in [0, 0.1) is 0 Å². The van der Waals surface area contributed by atoms with E-state index in [1.165, 1.54) is 32.1 Å². The summed E-state index contributed by atoms with van der Waals surface area (Å²) in [6.07, 6.45) is 9.69. The van der Waals surface area contributed by atoms with Crippen molar-refractivity contribution in [2.45, 2.75) is 44.7 Å². The molecule has 4 rings (SSSR count). The van der Waals surface area contributed by atoms with Gasteiger partial charge < -0.3 is 5.32 Å². The summed E-state index contributed by atoms with van der Waals surface area (Å²) in [5, 5.41) is 8.47. The maximum absolute atomic E-state index is 12.4. The number of nitrogens with one attached hydrogen (secondary N) is 1. The number of benzene rings is 1. The predicted molar refractivity (Wildman–Crippen MR) is 114 cm³/mol. The van der Waals surface area contributed by atoms with Crippen LogP contribution in [0.4, 0.5) is 0 Å². The molecule has 3 aromatic rings. The number of hydrogen-bond donors (Lipinski definition) is 1. The minimum Gasteiger partial charge on any atom is -0.348 e. The lowest BCUT2D eigenvalue weighted by Crippen LogP contribution is -2.22. The highest BCUT2D eigenvalue weighted by atomic mass is 32.1. The number of rotatable bonds is 5. The van der Waals surface area contributed by atoms with E-state index in [1.54, 1.807) is 23.7 Å². The van der Waals surface area contributed by atoms with Gasteiger partial charge in [-0.05, 0) is 36.6 Å². The first-order valence-corrected chi connectivity index (χ1v) is 10.9. The minimum atomic E-state index is -0.0990. The molecule has 1 aliphatic rings. The summed E-state index contributed by atoms with van der Waals surface area (Å²) < 4.78 is 1.86. The van der Waals surface area contributed by atoms with E-state index in [4.69, 9.17) is 4.99 Å². The van der Waals surface area contributed by atoms with Crippen LogP contribution in [0.2, 0.25) is 0 Å². The molecular formula is C22H25N5OS. The Morgan fingerprint density at radius 2 is 2.00 bits per heavy atom. The first-order valence-electron chi connectivity index (χ1n) is 10.0. The quantitative estimate of drug-likeness (QED) is 0.701. The average molecular weight is 408 g/mol. The van der Waals surface area contributed by atoms with E-state index < -0.39 is 0 Å². The van der Waals surface area contributed by atoms with E-state index in [0.717, 1.165) is 20.9 Å². The van der Waals surface area contributed by atoms with Gasteiger partial charge in [0, 0.05) is 37.1 Å². The van der Waals surface area contributed by atoms with Crippen LogP contribution in [0.5, 0.6) is 0 Å². The van der Waals surface area contributed by atoms with Crippen LogP contribution in [0.3, 0.4) is 0 Å². The molecule has 1 aliphatic carbocycles. The Balaban J connectivity index is 1.44. The zero-order valence-corrected chi connectivity index (χ0v) is 17.4. The van der Waals surface area contributed by atoms with Crippen molar-refractivity contribution < 1.29 is 4.79 Å². The van der Waals surface area contributed by atoms with Crippen LogP contribution in [-0.4, -0.2) is 26.7 Å². The third kappa shape index (κ3) is 4.98. The second-order valence-corrected chi connectivity index (χ2v) is 8.31. The molecule has 0 bridgehead atoms. The lowest BCUT2D eigenvalue weighted by atomic mass is 9.96. The van der Waals surface area contributed by atoms with Crippen LogP contribution >= 0.6 is 11.3 Å². The third-order valence-electron chi connectivity index (χ3n) is 5.14. The van der Waals surface area contributed by atoms with Gasteiger partial charge in [0.25, 0.3) is 5.91 Å². The number of aryl methyl sites for hydroxylation is 1. The van der Waals surface area contributed by atoms with Crippen molar-refractivity contribution in [3.05, 3.63) is 64.7 Å². The van der Waals surface area contributed by atoms with Crippen molar-refractivity contribution in [2.24, 2.45) is 12.0 Å². The number of amides is 1. The molecular weight excluding hydrogens is 382 g/mol. The SMILES string of the molecule is Cn1nc(-c2ccc(C(=O)NCc3cccnc3)cc2)s/c1=N/C1CCCCC1. The Labute approximate surface area is 174 Å². The summed E-state index contributed by atoms with van der Waals surface area (Å²) in [4.78, 5) is 22.3. The smallest absolute Gasteiger partial charge is 0.251 e. The summed E-state index contributed by atoms with van der Waals surface area (Å²) in [5.41, 5.74) is 2.60. The summed E-state index contributed by atoms with van der Waals surface area (Å²) >= 11 is 1.61. The fraction of sp³-hybridized carbons (Fsp3) is 0.364. The van der Waals surface area contributed by atoms with E-state index in [-0.39, 0.29) is 5.91 Å². The normalized spacial score (nSPS) is 15.4. The number of carbonyl (C=O) groups is 1. The maximum atomic E-state index is 12.4. The Morgan fingerprint density at radius 1 is 1.21 bits per heavy atom. The van der Waals surface area contributed by atoms with Crippen LogP contribution in [0.1, 0.15) is 48.0 Å². The minimum absolute atomic E-state index is 0.0990. The number of carbonyl (C=O) groups excluding carboxylic acids is 1. The van der Waals surface area contributed by atoms with E-state index in [9.17, 15) is 4.79 Å². The first-order chi connectivity index (χ1) is 14.2. The highest BCUT2D eigenvalue weighted by molar-refractivity contribution is 7.12. The number of hydrogen-bond acceptors (Lipinski definition) is 5. The van der Waals surface area contributed by atoms with Gasteiger partial charge in [0.1, 0.15) is 5.01 Å². The van der Waals surface area contributed by atoms with Crippen LogP contribution < -0.4 is 10.1 Å². The molecule has 0 aliphatic heterocycles. The lowest BCUT2D eigenvalue weighted by molar-refractivity contribution is 0.0951. The average Bonchev–Trinajstić information content (AvgIpc) is 3.14. The Morgan fingerprint density at radius 3 is 2.72 bits per heavy atom. The molecule has 1 saturated carbocycles. The molecule has 1 aromatic carbocycles. The summed E-state index contributed by atoms with van der Waals surface area (Å²) in [7, 11) is 1.95. The molecule has 1 fully saturated rings. The van der Waals surface area contributed by atoms with Crippen molar-refractivity contribution in [2.75, 3.05) is 0 Å². The maximum Gasteiger partial charge on any atom is 0.251 e. The van der Waals surface area contributed by atoms with Gasteiger partial charge in [-0.25, -0.2) is 4.68 Å². The zero-order valence-electron chi connectivity index (χ0n) is 16.5. The van der Waals surface area contributed by atoms with Crippen molar-refractivity contribution >= 4 is 17.2 Å². The number of aromatic nitrogens is 3. The van der Waals surface area contributed by atoms with Gasteiger partial charge in [-0.15, -0.1) is 0 Å². The van der Waals surface area contributed by atoms with Gasteiger partial charge in [-0.2, -0.15) is 5.10 Å². The molecule has 7 heteroatoms. The first kappa shape index (κ1) is 19.5. The van der Waals surface area contributed by atoms with Crippen molar-refractivity contribution in [3.8, 4) is 10.6 Å². The van der Waals surface area contributed by atoms with Crippen molar-refractivity contribution in [1.29, 1.82) is 0 Å². The molecule has 1 N–H and O–H groups in total. The molecule has 0 atom stereocenters. The standard InChI is InChI=1S/C22H25N5OS/c1-27-22(25-19-7-3-2-4-8-19)29-21(26-27)18-11-9-17(10-12-18)20(28)24-15-16-6-5-13-23-14-16/h5-6,9-14,19H,2-4,7-8,15H2,1H3,(H,24,28)/b25-22+.